The van der Waals surface area contributed by atoms with Crippen molar-refractivity contribution in [3.05, 3.63) is 53.6 Å². The lowest BCUT2D eigenvalue weighted by Crippen LogP contribution is -2.47. The number of nitrogens with zero attached hydrogens (tertiary/aromatic N) is 3. The zero-order valence-corrected chi connectivity index (χ0v) is 19.8. The zero-order chi connectivity index (χ0) is 23.5. The smallest absolute Gasteiger partial charge is 0.251 e. The number of nitrogens with two attached hydrogens (primary N) is 1. The molecule has 1 heterocycles. The summed E-state index contributed by atoms with van der Waals surface area (Å²) in [6, 6.07) is 13.5. The van der Waals surface area contributed by atoms with Gasteiger partial charge in [0.05, 0.1) is 28.8 Å². The van der Waals surface area contributed by atoms with Crippen LogP contribution in [0.2, 0.25) is 0 Å². The molecule has 1 saturated heterocycles. The van der Waals surface area contributed by atoms with Crippen molar-refractivity contribution in [1.82, 2.24) is 5.32 Å². The average Bonchev–Trinajstić information content (AvgIpc) is 3.03. The summed E-state index contributed by atoms with van der Waals surface area (Å²) in [5.41, 5.74) is 3.25. The summed E-state index contributed by atoms with van der Waals surface area (Å²) in [6.45, 7) is 7.82. The summed E-state index contributed by atoms with van der Waals surface area (Å²) in [4.78, 5) is 13.2. The largest absolute Gasteiger partial charge is 0.346 e. The van der Waals surface area contributed by atoms with Gasteiger partial charge in [0.1, 0.15) is 0 Å². The molecule has 0 aromatic heterocycles. The van der Waals surface area contributed by atoms with Crippen LogP contribution < -0.4 is 16.2 Å². The molecule has 9 heteroatoms. The third-order valence-corrected chi connectivity index (χ3v) is 7.81. The van der Waals surface area contributed by atoms with Gasteiger partial charge >= 0.3 is 0 Å². The molecule has 1 aliphatic rings. The van der Waals surface area contributed by atoms with Gasteiger partial charge in [-0.05, 0) is 68.2 Å². The van der Waals surface area contributed by atoms with Crippen molar-refractivity contribution in [2.75, 3.05) is 16.5 Å². The van der Waals surface area contributed by atoms with E-state index in [9.17, 15) is 13.2 Å². The Morgan fingerprint density at radius 1 is 1.22 bits per heavy atom. The molecule has 3 rings (SSSR count). The second-order valence-electron chi connectivity index (χ2n) is 8.80. The summed E-state index contributed by atoms with van der Waals surface area (Å²) in [7, 11) is -3.14. The Labute approximate surface area is 189 Å². The highest BCUT2D eigenvalue weighted by Gasteiger charge is 2.39. The van der Waals surface area contributed by atoms with Crippen molar-refractivity contribution in [3.8, 4) is 11.1 Å². The van der Waals surface area contributed by atoms with E-state index in [1.54, 1.807) is 18.0 Å². The topological polar surface area (TPSA) is 117 Å². The summed E-state index contributed by atoms with van der Waals surface area (Å²) in [5.74, 6) is 5.05. The number of rotatable bonds is 7. The summed E-state index contributed by atoms with van der Waals surface area (Å²) < 4.78 is 23.9. The quantitative estimate of drug-likeness (QED) is 0.372. The van der Waals surface area contributed by atoms with Gasteiger partial charge in [0.15, 0.2) is 9.84 Å². The van der Waals surface area contributed by atoms with Gasteiger partial charge in [-0.25, -0.2) is 13.4 Å². The number of benzene rings is 2. The standard InChI is InChI=1S/C23H31N5O3S/c1-5-17(3)28(27-26-24)21-13-19(18-8-6-16(2)7-9-18)12-20(14-21)22(29)25-23(4)10-11-32(30,31)15-23/h6-9,12-14,17H,5,10-11,15H2,1-4H3,(H2,24,27)(H,25,29). The molecule has 2 atom stereocenters. The second kappa shape index (κ2) is 9.28. The van der Waals surface area contributed by atoms with Crippen molar-refractivity contribution in [2.45, 2.75) is 52.1 Å². The Hall–Kier alpha value is -2.94. The minimum atomic E-state index is -3.14. The fourth-order valence-electron chi connectivity index (χ4n) is 3.87. The third-order valence-electron chi connectivity index (χ3n) is 5.90. The number of amides is 1. The molecule has 0 spiro atoms. The fraction of sp³-hybridized carbons (Fsp3) is 0.435. The monoisotopic (exact) mass is 457 g/mol. The molecular weight excluding hydrogens is 426 g/mol. The van der Waals surface area contributed by atoms with E-state index in [0.29, 0.717) is 17.7 Å². The SMILES string of the molecule is CCC(C)N(/N=N\N)c1cc(C(=O)NC2(C)CCS(=O)(=O)C2)cc(-c2ccc(C)cc2)c1. The molecule has 2 unspecified atom stereocenters. The first-order valence-corrected chi connectivity index (χ1v) is 12.5. The first kappa shape index (κ1) is 23.7. The van der Waals surface area contributed by atoms with Crippen molar-refractivity contribution in [2.24, 2.45) is 16.3 Å². The van der Waals surface area contributed by atoms with Gasteiger partial charge < -0.3 is 11.2 Å². The lowest BCUT2D eigenvalue weighted by molar-refractivity contribution is 0.0915. The van der Waals surface area contributed by atoms with Gasteiger partial charge in [-0.1, -0.05) is 42.0 Å². The first-order chi connectivity index (χ1) is 15.1. The van der Waals surface area contributed by atoms with Crippen LogP contribution in [0, 0.1) is 6.92 Å². The van der Waals surface area contributed by atoms with Crippen LogP contribution in [0.4, 0.5) is 5.69 Å². The van der Waals surface area contributed by atoms with Gasteiger partial charge in [-0.2, -0.15) is 0 Å². The van der Waals surface area contributed by atoms with E-state index in [0.717, 1.165) is 23.1 Å². The van der Waals surface area contributed by atoms with Crippen molar-refractivity contribution >= 4 is 21.4 Å². The summed E-state index contributed by atoms with van der Waals surface area (Å²) in [5, 5.41) is 12.2. The van der Waals surface area contributed by atoms with Crippen molar-refractivity contribution in [3.63, 3.8) is 0 Å². The van der Waals surface area contributed by atoms with Gasteiger partial charge in [0.2, 0.25) is 0 Å². The van der Waals surface area contributed by atoms with E-state index in [1.807, 2.05) is 57.2 Å². The average molecular weight is 458 g/mol. The predicted molar refractivity (Wildman–Crippen MR) is 127 cm³/mol. The molecule has 172 valence electrons. The molecule has 1 fully saturated rings. The van der Waals surface area contributed by atoms with Crippen LogP contribution in [0.1, 0.15) is 49.5 Å². The van der Waals surface area contributed by atoms with E-state index < -0.39 is 15.4 Å². The lowest BCUT2D eigenvalue weighted by atomic mass is 9.98. The Balaban J connectivity index is 2.05. The van der Waals surface area contributed by atoms with Gasteiger partial charge in [0, 0.05) is 5.56 Å². The van der Waals surface area contributed by atoms with Crippen LogP contribution >= 0.6 is 0 Å². The van der Waals surface area contributed by atoms with E-state index in [2.05, 4.69) is 15.8 Å². The molecular formula is C23H31N5O3S. The minimum absolute atomic E-state index is 0.00368. The molecule has 3 N–H and O–H groups in total. The summed E-state index contributed by atoms with van der Waals surface area (Å²) in [6.07, 6.45) is 1.19. The highest BCUT2D eigenvalue weighted by Crippen LogP contribution is 2.30. The number of hydrogen-bond donors (Lipinski definition) is 2. The number of carbonyl (C=O) groups excluding carboxylic acids is 1. The van der Waals surface area contributed by atoms with Crippen LogP contribution in [0.3, 0.4) is 0 Å². The Kier molecular flexibility index (Phi) is 6.88. The normalized spacial score (nSPS) is 20.9. The fourth-order valence-corrected chi connectivity index (χ4v) is 5.96. The number of nitrogens with one attached hydrogen (secondary N) is 1. The minimum Gasteiger partial charge on any atom is -0.346 e. The molecule has 2 aromatic rings. The maximum Gasteiger partial charge on any atom is 0.251 e. The highest BCUT2D eigenvalue weighted by atomic mass is 32.2. The molecule has 1 amide bonds. The Bertz CT molecular complexity index is 1110. The molecule has 2 aromatic carbocycles. The molecule has 0 saturated carbocycles. The van der Waals surface area contributed by atoms with Crippen molar-refractivity contribution < 1.29 is 13.2 Å². The van der Waals surface area contributed by atoms with E-state index in [-0.39, 0.29) is 23.5 Å². The lowest BCUT2D eigenvalue weighted by Gasteiger charge is -2.26. The molecule has 0 bridgehead atoms. The molecule has 32 heavy (non-hydrogen) atoms. The van der Waals surface area contributed by atoms with Crippen LogP contribution in [-0.2, 0) is 9.84 Å². The number of hydrogen-bond acceptors (Lipinski definition) is 5. The predicted octanol–water partition coefficient (Wildman–Crippen LogP) is 3.81. The number of carbonyl (C=O) groups is 1. The van der Waals surface area contributed by atoms with Gasteiger partial charge in [0.25, 0.3) is 5.91 Å². The van der Waals surface area contributed by atoms with E-state index >= 15 is 0 Å². The maximum atomic E-state index is 13.2. The van der Waals surface area contributed by atoms with Crippen LogP contribution in [-0.4, -0.2) is 37.4 Å². The molecule has 8 nitrogen and oxygen atoms in total. The number of aryl methyl sites for hydroxylation is 1. The van der Waals surface area contributed by atoms with E-state index in [1.165, 1.54) is 0 Å². The Morgan fingerprint density at radius 3 is 2.47 bits per heavy atom. The van der Waals surface area contributed by atoms with Gasteiger partial charge in [-0.15, -0.1) is 0 Å². The van der Waals surface area contributed by atoms with Crippen molar-refractivity contribution in [1.29, 1.82) is 0 Å². The maximum absolute atomic E-state index is 13.2. The van der Waals surface area contributed by atoms with Gasteiger partial charge in [-0.3, -0.25) is 4.79 Å². The van der Waals surface area contributed by atoms with E-state index in [4.69, 9.17) is 5.84 Å². The first-order valence-electron chi connectivity index (χ1n) is 10.7. The number of anilines is 1. The van der Waals surface area contributed by atoms with Crippen LogP contribution in [0.5, 0.6) is 0 Å². The molecule has 0 aliphatic carbocycles. The zero-order valence-electron chi connectivity index (χ0n) is 19.0. The third kappa shape index (κ3) is 5.45. The van der Waals surface area contributed by atoms with Crippen LogP contribution in [0.15, 0.2) is 52.9 Å². The Morgan fingerprint density at radius 2 is 1.91 bits per heavy atom. The summed E-state index contributed by atoms with van der Waals surface area (Å²) >= 11 is 0. The highest BCUT2D eigenvalue weighted by molar-refractivity contribution is 7.91. The molecule has 0 radical (unpaired) electrons. The van der Waals surface area contributed by atoms with Crippen LogP contribution in [0.25, 0.3) is 11.1 Å². The number of sulfone groups is 1. The second-order valence-corrected chi connectivity index (χ2v) is 11.0. The molecule has 1 aliphatic heterocycles.